The fraction of sp³-hybridized carbons (Fsp3) is 0.538. The number of rotatable bonds is 8. The monoisotopic (exact) mass is 960 g/mol. The summed E-state index contributed by atoms with van der Waals surface area (Å²) in [5.41, 5.74) is 8.13. The number of halogens is 1. The molecule has 3 nitrogen and oxygen atoms in total. The normalized spacial score (nSPS) is 17.0. The van der Waals surface area contributed by atoms with Crippen LogP contribution >= 0.6 is 11.6 Å². The number of benzene rings is 4. The fourth-order valence-corrected chi connectivity index (χ4v) is 8.03. The van der Waals surface area contributed by atoms with Crippen molar-refractivity contribution >= 4 is 17.3 Å². The molecule has 0 heterocycles. The van der Waals surface area contributed by atoms with Gasteiger partial charge in [0.1, 0.15) is 0 Å². The van der Waals surface area contributed by atoms with E-state index in [1.54, 1.807) is 12.1 Å². The van der Waals surface area contributed by atoms with Gasteiger partial charge in [0.25, 0.3) is 5.69 Å². The molecule has 4 aromatic carbocycles. The first-order valence-corrected chi connectivity index (χ1v) is 27.1. The van der Waals surface area contributed by atoms with Crippen molar-refractivity contribution in [3.63, 3.8) is 0 Å². The maximum Gasteiger partial charge on any atom is 0.269 e. The van der Waals surface area contributed by atoms with Crippen LogP contribution in [0.2, 0.25) is 5.02 Å². The van der Waals surface area contributed by atoms with Gasteiger partial charge in [-0.2, -0.15) is 0 Å². The van der Waals surface area contributed by atoms with E-state index >= 15 is 0 Å². The van der Waals surface area contributed by atoms with Gasteiger partial charge in [-0.05, 0) is 159 Å². The van der Waals surface area contributed by atoms with Crippen LogP contribution in [0.3, 0.4) is 0 Å². The summed E-state index contributed by atoms with van der Waals surface area (Å²) >= 11 is 5.72. The molecule has 0 saturated carbocycles. The Morgan fingerprint density at radius 3 is 1.04 bits per heavy atom. The van der Waals surface area contributed by atoms with Crippen LogP contribution < -0.4 is 0 Å². The minimum atomic E-state index is -0.385. The molecule has 3 atom stereocenters. The molecule has 3 aliphatic carbocycles. The lowest BCUT2D eigenvalue weighted by molar-refractivity contribution is -0.384. The van der Waals surface area contributed by atoms with E-state index < -0.39 is 0 Å². The zero-order valence-corrected chi connectivity index (χ0v) is 47.2. The van der Waals surface area contributed by atoms with Crippen molar-refractivity contribution in [3.05, 3.63) is 182 Å². The molecular formula is C65H98ClNO2. The minimum absolute atomic E-state index is 0.152. The van der Waals surface area contributed by atoms with Crippen molar-refractivity contribution < 1.29 is 4.92 Å². The van der Waals surface area contributed by atoms with Crippen molar-refractivity contribution in [1.29, 1.82) is 0 Å². The molecule has 69 heavy (non-hydrogen) atoms. The molecule has 0 fully saturated rings. The molecule has 0 saturated heterocycles. The number of nitro groups is 1. The van der Waals surface area contributed by atoms with E-state index in [0.717, 1.165) is 46.1 Å². The first-order chi connectivity index (χ1) is 32.6. The predicted octanol–water partition coefficient (Wildman–Crippen LogP) is 21.4. The van der Waals surface area contributed by atoms with Gasteiger partial charge in [0.05, 0.1) is 4.92 Å². The van der Waals surface area contributed by atoms with E-state index in [2.05, 4.69) is 208 Å². The Morgan fingerprint density at radius 2 is 0.725 bits per heavy atom. The highest BCUT2D eigenvalue weighted by Crippen LogP contribution is 2.26. The van der Waals surface area contributed by atoms with Crippen LogP contribution in [-0.2, 0) is 0 Å². The van der Waals surface area contributed by atoms with E-state index in [4.69, 9.17) is 11.6 Å². The maximum absolute atomic E-state index is 10.3. The largest absolute Gasteiger partial charge is 0.269 e. The molecule has 4 heteroatoms. The van der Waals surface area contributed by atoms with Crippen molar-refractivity contribution in [2.24, 2.45) is 35.5 Å². The van der Waals surface area contributed by atoms with Gasteiger partial charge in [-0.15, -0.1) is 0 Å². The first-order valence-electron chi connectivity index (χ1n) is 26.8. The molecule has 3 aliphatic rings. The second kappa shape index (κ2) is 35.8. The highest BCUT2D eigenvalue weighted by molar-refractivity contribution is 6.30. The highest BCUT2D eigenvalue weighted by atomic mass is 35.5. The highest BCUT2D eigenvalue weighted by Gasteiger charge is 2.13. The van der Waals surface area contributed by atoms with Crippen molar-refractivity contribution in [2.45, 2.75) is 192 Å². The van der Waals surface area contributed by atoms with Crippen LogP contribution in [-0.4, -0.2) is 4.92 Å². The van der Waals surface area contributed by atoms with Gasteiger partial charge in [0.15, 0.2) is 0 Å². The number of nitrogens with zero attached hydrogens (tertiary/aromatic N) is 1. The van der Waals surface area contributed by atoms with Crippen LogP contribution in [0, 0.1) is 59.5 Å². The summed E-state index contributed by atoms with van der Waals surface area (Å²) in [6.07, 6.45) is 26.5. The topological polar surface area (TPSA) is 43.1 Å². The molecule has 382 valence electrons. The van der Waals surface area contributed by atoms with Gasteiger partial charge in [-0.25, -0.2) is 0 Å². The van der Waals surface area contributed by atoms with Gasteiger partial charge in [-0.3, -0.25) is 10.1 Å². The van der Waals surface area contributed by atoms with Gasteiger partial charge in [-0.1, -0.05) is 235 Å². The molecule has 0 aromatic heterocycles. The molecule has 3 unspecified atom stereocenters. The number of allylic oxidation sites excluding steroid dienone is 6. The van der Waals surface area contributed by atoms with Gasteiger partial charge >= 0.3 is 0 Å². The van der Waals surface area contributed by atoms with E-state index in [0.29, 0.717) is 23.7 Å². The number of non-ortho nitro benzene ring substituents is 1. The average Bonchev–Trinajstić information content (AvgIpc) is 3.74. The van der Waals surface area contributed by atoms with E-state index in [9.17, 15) is 10.1 Å². The predicted molar refractivity (Wildman–Crippen MR) is 307 cm³/mol. The molecular weight excluding hydrogens is 862 g/mol. The lowest BCUT2D eigenvalue weighted by Gasteiger charge is -2.19. The summed E-state index contributed by atoms with van der Waals surface area (Å²) in [6.45, 7) is 35.4. The third-order valence-electron chi connectivity index (χ3n) is 13.2. The van der Waals surface area contributed by atoms with Crippen LogP contribution in [0.25, 0.3) is 0 Å². The van der Waals surface area contributed by atoms with E-state index in [1.807, 2.05) is 12.1 Å². The standard InChI is InChI=1S/2C10H14.C10H18.C9H11Cl.C9H11NO2.C9H16.C8H14/c2*1-8(2)10-6-4-9(3)5-7-10;1-9(2)10-7-5-3-4-6-8-10;1-7(2)8-3-5-9(10)6-4-8;1-7(2)8-3-5-9(6-4-8)10(11)12;1-8(2)9-6-4-3-5-7-9;1-7(2)8-5-3-4-6-8/h2*4-8H,1-3H3;5,7,9-10H,3-4,6,8H2,1-2H3;3-7H,1-2H3;3-7H,1-2H3;4,6,8-9H,3,5,7H2,1-2H3;3,5,7-8H,4,6H2,1-2H3. The summed E-state index contributed by atoms with van der Waals surface area (Å²) in [5, 5.41) is 11.1. The summed E-state index contributed by atoms with van der Waals surface area (Å²) < 4.78 is 0. The Balaban J connectivity index is 0.000000404. The third kappa shape index (κ3) is 28.9. The first kappa shape index (κ1) is 62.8. The molecule has 0 bridgehead atoms. The van der Waals surface area contributed by atoms with Crippen molar-refractivity contribution in [2.75, 3.05) is 0 Å². The lowest BCUT2D eigenvalue weighted by Crippen LogP contribution is -2.07. The maximum atomic E-state index is 10.3. The molecule has 0 spiro atoms. The quantitative estimate of drug-likeness (QED) is 0.100. The summed E-state index contributed by atoms with van der Waals surface area (Å²) in [4.78, 5) is 9.90. The Kier molecular flexibility index (Phi) is 32.6. The van der Waals surface area contributed by atoms with Crippen LogP contribution in [0.1, 0.15) is 212 Å². The molecule has 0 aliphatic heterocycles. The third-order valence-corrected chi connectivity index (χ3v) is 13.5. The van der Waals surface area contributed by atoms with Crippen LogP contribution in [0.15, 0.2) is 134 Å². The molecule has 4 aromatic rings. The minimum Gasteiger partial charge on any atom is -0.258 e. The second-order valence-corrected chi connectivity index (χ2v) is 22.1. The number of hydrogen-bond acceptors (Lipinski definition) is 2. The Bertz CT molecular complexity index is 1860. The smallest absolute Gasteiger partial charge is 0.258 e. The second-order valence-electron chi connectivity index (χ2n) is 21.6. The van der Waals surface area contributed by atoms with Crippen molar-refractivity contribution in [1.82, 2.24) is 0 Å². The van der Waals surface area contributed by atoms with Gasteiger partial charge < -0.3 is 0 Å². The average molecular weight is 961 g/mol. The summed E-state index contributed by atoms with van der Waals surface area (Å²) in [6, 6.07) is 32.1. The zero-order valence-electron chi connectivity index (χ0n) is 46.5. The number of aryl methyl sites for hydroxylation is 2. The Morgan fingerprint density at radius 1 is 0.420 bits per heavy atom. The number of hydrogen-bond donors (Lipinski definition) is 0. The lowest BCUT2D eigenvalue weighted by atomic mass is 9.87. The van der Waals surface area contributed by atoms with Gasteiger partial charge in [0, 0.05) is 17.2 Å². The Labute approximate surface area is 429 Å². The van der Waals surface area contributed by atoms with Crippen LogP contribution in [0.5, 0.6) is 0 Å². The summed E-state index contributed by atoms with van der Waals surface area (Å²) in [5.74, 6) is 7.49. The SMILES string of the molecule is CC(C)C1C=CCC1.CC(C)C1C=CCCC1.CC(C)C1C=CCCCC1.CC(C)c1ccc(Cl)cc1.CC(C)c1ccc([N+](=O)[O-])cc1.Cc1ccc(C(C)C)cc1.Cc1ccc(C(C)C)cc1. The number of nitro benzene ring substituents is 1. The molecule has 0 amide bonds. The zero-order chi connectivity index (χ0) is 51.9. The van der Waals surface area contributed by atoms with Crippen molar-refractivity contribution in [3.8, 4) is 0 Å². The van der Waals surface area contributed by atoms with E-state index in [-0.39, 0.29) is 10.6 Å². The fourth-order valence-electron chi connectivity index (χ4n) is 7.90. The Hall–Kier alpha value is -4.21. The van der Waals surface area contributed by atoms with Gasteiger partial charge in [0.2, 0.25) is 0 Å². The van der Waals surface area contributed by atoms with Crippen LogP contribution in [0.4, 0.5) is 5.69 Å². The van der Waals surface area contributed by atoms with E-state index in [1.165, 1.54) is 97.7 Å². The molecule has 0 radical (unpaired) electrons. The molecule has 0 N–H and O–H groups in total. The molecule has 7 rings (SSSR count). The summed E-state index contributed by atoms with van der Waals surface area (Å²) in [7, 11) is 0.